The van der Waals surface area contributed by atoms with Crippen molar-refractivity contribution < 1.29 is 0 Å². The fourth-order valence-corrected chi connectivity index (χ4v) is 3.46. The van der Waals surface area contributed by atoms with Crippen molar-refractivity contribution in [3.63, 3.8) is 0 Å². The van der Waals surface area contributed by atoms with E-state index in [0.29, 0.717) is 0 Å². The zero-order valence-electron chi connectivity index (χ0n) is 12.1. The molecule has 18 heavy (non-hydrogen) atoms. The predicted molar refractivity (Wildman–Crippen MR) is 78.8 cm³/mol. The average molecular weight is 245 g/mol. The zero-order valence-corrected chi connectivity index (χ0v) is 12.1. The third kappa shape index (κ3) is 3.35. The maximum absolute atomic E-state index is 3.38. The maximum Gasteiger partial charge on any atom is -0.00208 e. The van der Waals surface area contributed by atoms with E-state index in [1.165, 1.54) is 37.8 Å². The van der Waals surface area contributed by atoms with E-state index in [-0.39, 0.29) is 0 Å². The van der Waals surface area contributed by atoms with Gasteiger partial charge in [-0.15, -0.1) is 0 Å². The van der Waals surface area contributed by atoms with Gasteiger partial charge in [0.1, 0.15) is 0 Å². The molecule has 3 atom stereocenters. The molecule has 0 radical (unpaired) electrons. The number of rotatable bonds is 4. The molecule has 0 aliphatic heterocycles. The molecule has 1 aliphatic carbocycles. The third-order valence-electron chi connectivity index (χ3n) is 4.61. The van der Waals surface area contributed by atoms with Gasteiger partial charge in [-0.2, -0.15) is 0 Å². The van der Waals surface area contributed by atoms with Crippen LogP contribution in [0.25, 0.3) is 0 Å². The van der Waals surface area contributed by atoms with Crippen molar-refractivity contribution in [3.8, 4) is 0 Å². The van der Waals surface area contributed by atoms with Crippen LogP contribution in [0.5, 0.6) is 0 Å². The van der Waals surface area contributed by atoms with Crippen LogP contribution in [0.1, 0.15) is 37.3 Å². The molecule has 1 N–H and O–H groups in total. The van der Waals surface area contributed by atoms with E-state index in [1.54, 1.807) is 5.56 Å². The van der Waals surface area contributed by atoms with Crippen molar-refractivity contribution in [1.82, 2.24) is 5.32 Å². The molecule has 0 spiro atoms. The van der Waals surface area contributed by atoms with Crippen molar-refractivity contribution in [2.45, 2.75) is 39.5 Å². The second-order valence-electron chi connectivity index (χ2n) is 6.13. The molecule has 1 aromatic carbocycles. The predicted octanol–water partition coefficient (Wildman–Crippen LogP) is 3.81. The summed E-state index contributed by atoms with van der Waals surface area (Å²) in [5.74, 6) is 2.64. The largest absolute Gasteiger partial charge is 0.319 e. The first-order chi connectivity index (χ1) is 8.70. The molecule has 0 bridgehead atoms. The molecule has 1 saturated carbocycles. The van der Waals surface area contributed by atoms with Crippen LogP contribution in [0.2, 0.25) is 0 Å². The highest BCUT2D eigenvalue weighted by molar-refractivity contribution is 5.26. The lowest BCUT2D eigenvalue weighted by Crippen LogP contribution is -2.32. The first-order valence-corrected chi connectivity index (χ1v) is 7.39. The summed E-state index contributed by atoms with van der Waals surface area (Å²) in [7, 11) is 2.09. The van der Waals surface area contributed by atoms with Crippen LogP contribution in [0.3, 0.4) is 0 Å². The van der Waals surface area contributed by atoms with E-state index in [0.717, 1.165) is 17.8 Å². The van der Waals surface area contributed by atoms with Gasteiger partial charge in [-0.25, -0.2) is 0 Å². The average Bonchev–Trinajstić information content (AvgIpc) is 2.36. The Morgan fingerprint density at radius 2 is 1.94 bits per heavy atom. The van der Waals surface area contributed by atoms with E-state index in [1.807, 2.05) is 0 Å². The van der Waals surface area contributed by atoms with Gasteiger partial charge in [0.2, 0.25) is 0 Å². The smallest absolute Gasteiger partial charge is 0.00208 e. The molecule has 0 heterocycles. The second kappa shape index (κ2) is 6.38. The Kier molecular flexibility index (Phi) is 4.82. The number of aryl methyl sites for hydroxylation is 1. The fraction of sp³-hybridized carbons (Fsp3) is 0.647. The fourth-order valence-electron chi connectivity index (χ4n) is 3.46. The first kappa shape index (κ1) is 13.6. The lowest BCUT2D eigenvalue weighted by molar-refractivity contribution is 0.186. The van der Waals surface area contributed by atoms with Gasteiger partial charge in [0.05, 0.1) is 0 Å². The Labute approximate surface area is 112 Å². The second-order valence-corrected chi connectivity index (χ2v) is 6.13. The quantitative estimate of drug-likeness (QED) is 0.850. The molecule has 1 heteroatoms. The molecule has 1 nitrogen and oxygen atoms in total. The third-order valence-corrected chi connectivity index (χ3v) is 4.61. The van der Waals surface area contributed by atoms with E-state index in [4.69, 9.17) is 0 Å². The standard InChI is InChI=1S/C17H27N/c1-13-8-9-16(12-18-3)17(10-13)11-15-7-5-4-6-14(15)2/h4-7,13,16-18H,8-12H2,1-3H3. The molecule has 1 aliphatic rings. The van der Waals surface area contributed by atoms with Crippen LogP contribution < -0.4 is 5.32 Å². The monoisotopic (exact) mass is 245 g/mol. The molecule has 2 rings (SSSR count). The van der Waals surface area contributed by atoms with Crippen LogP contribution in [0, 0.1) is 24.7 Å². The molecular weight excluding hydrogens is 218 g/mol. The first-order valence-electron chi connectivity index (χ1n) is 7.39. The zero-order chi connectivity index (χ0) is 13.0. The Morgan fingerprint density at radius 3 is 2.67 bits per heavy atom. The topological polar surface area (TPSA) is 12.0 Å². The van der Waals surface area contributed by atoms with Crippen LogP contribution in [-0.4, -0.2) is 13.6 Å². The number of benzene rings is 1. The van der Waals surface area contributed by atoms with Crippen LogP contribution in [0.15, 0.2) is 24.3 Å². The Bertz CT molecular complexity index is 372. The van der Waals surface area contributed by atoms with E-state index < -0.39 is 0 Å². The number of nitrogens with one attached hydrogen (secondary N) is 1. The van der Waals surface area contributed by atoms with Crippen molar-refractivity contribution in [2.75, 3.05) is 13.6 Å². The highest BCUT2D eigenvalue weighted by atomic mass is 14.8. The van der Waals surface area contributed by atoms with Crippen molar-refractivity contribution in [1.29, 1.82) is 0 Å². The molecule has 100 valence electrons. The molecule has 0 saturated heterocycles. The summed E-state index contributed by atoms with van der Waals surface area (Å²) in [5, 5.41) is 3.38. The lowest BCUT2D eigenvalue weighted by atomic mass is 9.72. The van der Waals surface area contributed by atoms with Gasteiger partial charge in [0.25, 0.3) is 0 Å². The van der Waals surface area contributed by atoms with Gasteiger partial charge < -0.3 is 5.32 Å². The highest BCUT2D eigenvalue weighted by Crippen LogP contribution is 2.35. The van der Waals surface area contributed by atoms with Gasteiger partial charge in [-0.3, -0.25) is 0 Å². The summed E-state index contributed by atoms with van der Waals surface area (Å²) in [5.41, 5.74) is 3.01. The highest BCUT2D eigenvalue weighted by Gasteiger charge is 2.28. The van der Waals surface area contributed by atoms with Gasteiger partial charge in [0.15, 0.2) is 0 Å². The minimum Gasteiger partial charge on any atom is -0.319 e. The summed E-state index contributed by atoms with van der Waals surface area (Å²) < 4.78 is 0. The van der Waals surface area contributed by atoms with Crippen molar-refractivity contribution >= 4 is 0 Å². The Morgan fingerprint density at radius 1 is 1.17 bits per heavy atom. The van der Waals surface area contributed by atoms with E-state index in [9.17, 15) is 0 Å². The van der Waals surface area contributed by atoms with Crippen molar-refractivity contribution in [2.24, 2.45) is 17.8 Å². The minimum absolute atomic E-state index is 0.863. The van der Waals surface area contributed by atoms with Crippen LogP contribution in [0.4, 0.5) is 0 Å². The van der Waals surface area contributed by atoms with Gasteiger partial charge in [0, 0.05) is 0 Å². The Balaban J connectivity index is 2.06. The number of hydrogen-bond acceptors (Lipinski definition) is 1. The van der Waals surface area contributed by atoms with Gasteiger partial charge >= 0.3 is 0 Å². The minimum atomic E-state index is 0.863. The Hall–Kier alpha value is -0.820. The molecule has 0 amide bonds. The van der Waals surface area contributed by atoms with Gasteiger partial charge in [-0.1, -0.05) is 37.6 Å². The molecular formula is C17H27N. The SMILES string of the molecule is CNCC1CCC(C)CC1Cc1ccccc1C. The summed E-state index contributed by atoms with van der Waals surface area (Å²) in [4.78, 5) is 0. The molecule has 1 aromatic rings. The van der Waals surface area contributed by atoms with Crippen molar-refractivity contribution in [3.05, 3.63) is 35.4 Å². The van der Waals surface area contributed by atoms with Gasteiger partial charge in [-0.05, 0) is 68.7 Å². The molecule has 0 aromatic heterocycles. The molecule has 1 fully saturated rings. The summed E-state index contributed by atoms with van der Waals surface area (Å²) in [6, 6.07) is 8.88. The number of hydrogen-bond donors (Lipinski definition) is 1. The van der Waals surface area contributed by atoms with Crippen LogP contribution in [-0.2, 0) is 6.42 Å². The maximum atomic E-state index is 3.38. The summed E-state index contributed by atoms with van der Waals surface area (Å²) in [6.45, 7) is 5.85. The van der Waals surface area contributed by atoms with E-state index in [2.05, 4.69) is 50.5 Å². The normalized spacial score (nSPS) is 28.3. The van der Waals surface area contributed by atoms with E-state index >= 15 is 0 Å². The lowest BCUT2D eigenvalue weighted by Gasteiger charge is -2.35. The summed E-state index contributed by atoms with van der Waals surface area (Å²) in [6.07, 6.45) is 5.49. The summed E-state index contributed by atoms with van der Waals surface area (Å²) >= 11 is 0. The van der Waals surface area contributed by atoms with Crippen LogP contribution >= 0.6 is 0 Å². The molecule has 3 unspecified atom stereocenters.